The number of hydrogen-bond acceptors (Lipinski definition) is 9. The topological polar surface area (TPSA) is 126 Å². The Labute approximate surface area is 249 Å². The van der Waals surface area contributed by atoms with Gasteiger partial charge in [0.05, 0.1) is 18.4 Å². The van der Waals surface area contributed by atoms with Crippen molar-refractivity contribution in [3.05, 3.63) is 41.7 Å². The SMILES string of the molecule is CCCCNC(=O)c1ccc(C#C[Si](OCC2OC=CC(OC(C)=O)C2OC(C)=O)(C(C)C)C(C)C)c(OC(C)=O)c1. The number of carbonyl (C=O) groups is 4. The van der Waals surface area contributed by atoms with Gasteiger partial charge in [0, 0.05) is 32.9 Å². The van der Waals surface area contributed by atoms with Gasteiger partial charge in [-0.3, -0.25) is 19.2 Å². The molecule has 0 bridgehead atoms. The van der Waals surface area contributed by atoms with Crippen LogP contribution in [0.1, 0.15) is 84.2 Å². The molecule has 1 aliphatic heterocycles. The van der Waals surface area contributed by atoms with E-state index in [1.54, 1.807) is 12.1 Å². The summed E-state index contributed by atoms with van der Waals surface area (Å²) in [7, 11) is -2.89. The second kappa shape index (κ2) is 16.1. The molecule has 1 heterocycles. The molecule has 0 saturated heterocycles. The van der Waals surface area contributed by atoms with Gasteiger partial charge in [-0.2, -0.15) is 0 Å². The normalized spacial score (nSPS) is 18.0. The first-order valence-corrected chi connectivity index (χ1v) is 16.3. The second-order valence-corrected chi connectivity index (χ2v) is 15.2. The van der Waals surface area contributed by atoms with Gasteiger partial charge in [0.2, 0.25) is 0 Å². The summed E-state index contributed by atoms with van der Waals surface area (Å²) in [5.74, 6) is 1.51. The highest BCUT2D eigenvalue weighted by molar-refractivity contribution is 6.84. The van der Waals surface area contributed by atoms with Crippen LogP contribution in [-0.4, -0.2) is 63.6 Å². The Kier molecular flexibility index (Phi) is 13.3. The summed E-state index contributed by atoms with van der Waals surface area (Å²) < 4.78 is 28.6. The molecule has 10 nitrogen and oxygen atoms in total. The number of hydrogen-bond donors (Lipinski definition) is 1. The zero-order valence-electron chi connectivity index (χ0n) is 25.8. The number of ether oxygens (including phenoxy) is 4. The molecule has 230 valence electrons. The summed E-state index contributed by atoms with van der Waals surface area (Å²) in [5.41, 5.74) is 4.27. The molecule has 11 heteroatoms. The number of benzene rings is 1. The minimum absolute atomic E-state index is 0.0290. The van der Waals surface area contributed by atoms with E-state index in [1.165, 1.54) is 39.2 Å². The summed E-state index contributed by atoms with van der Waals surface area (Å²) >= 11 is 0. The molecule has 1 aliphatic rings. The van der Waals surface area contributed by atoms with Crippen molar-refractivity contribution in [1.29, 1.82) is 0 Å². The van der Waals surface area contributed by atoms with Crippen LogP contribution in [0.2, 0.25) is 11.1 Å². The highest BCUT2D eigenvalue weighted by atomic mass is 28.4. The standard InChI is InChI=1S/C31H43NO9Si/c1-9-10-15-32-31(36)26-12-11-25(28(18-26)40-23(7)34)14-17-42(20(2)3,21(4)5)38-19-29-30(41-24(8)35)27(13-16-37-29)39-22(6)33/h11-13,16,18,20-21,27,29-30H,9-10,15,19H2,1-8H3,(H,32,36). The number of carbonyl (C=O) groups excluding carboxylic acids is 4. The average Bonchev–Trinajstić information content (AvgIpc) is 2.89. The average molecular weight is 602 g/mol. The third-order valence-electron chi connectivity index (χ3n) is 6.72. The van der Waals surface area contributed by atoms with Crippen molar-refractivity contribution >= 4 is 32.1 Å². The Balaban J connectivity index is 2.42. The van der Waals surface area contributed by atoms with Crippen LogP contribution >= 0.6 is 0 Å². The molecular formula is C31H43NO9Si. The fourth-order valence-corrected chi connectivity index (χ4v) is 8.01. The summed E-state index contributed by atoms with van der Waals surface area (Å²) in [4.78, 5) is 48.0. The van der Waals surface area contributed by atoms with E-state index >= 15 is 0 Å². The molecule has 0 saturated carbocycles. The van der Waals surface area contributed by atoms with Crippen molar-refractivity contribution in [2.75, 3.05) is 13.2 Å². The summed E-state index contributed by atoms with van der Waals surface area (Å²) in [5, 5.41) is 2.86. The third kappa shape index (κ3) is 9.74. The zero-order valence-corrected chi connectivity index (χ0v) is 26.8. The summed E-state index contributed by atoms with van der Waals surface area (Å²) in [6.45, 7) is 14.6. The maximum absolute atomic E-state index is 12.6. The van der Waals surface area contributed by atoms with Gasteiger partial charge in [0.15, 0.2) is 18.3 Å². The molecule has 3 unspecified atom stereocenters. The maximum atomic E-state index is 12.6. The molecule has 3 atom stereocenters. The van der Waals surface area contributed by atoms with E-state index in [9.17, 15) is 19.2 Å². The van der Waals surface area contributed by atoms with Crippen LogP contribution in [-0.2, 0) is 33.0 Å². The third-order valence-corrected chi connectivity index (χ3v) is 11.3. The predicted octanol–water partition coefficient (Wildman–Crippen LogP) is 4.59. The van der Waals surface area contributed by atoms with E-state index in [0.717, 1.165) is 12.8 Å². The van der Waals surface area contributed by atoms with Gasteiger partial charge in [-0.05, 0) is 41.8 Å². The fraction of sp³-hybridized carbons (Fsp3) is 0.548. The van der Waals surface area contributed by atoms with Crippen molar-refractivity contribution < 1.29 is 42.6 Å². The van der Waals surface area contributed by atoms with E-state index < -0.39 is 44.5 Å². The van der Waals surface area contributed by atoms with Crippen molar-refractivity contribution in [1.82, 2.24) is 5.32 Å². The van der Waals surface area contributed by atoms with Crippen LogP contribution in [0.4, 0.5) is 0 Å². The molecular weight excluding hydrogens is 558 g/mol. The Morgan fingerprint density at radius 1 is 1.00 bits per heavy atom. The van der Waals surface area contributed by atoms with E-state index in [1.807, 2.05) is 34.6 Å². The monoisotopic (exact) mass is 601 g/mol. The van der Waals surface area contributed by atoms with Crippen molar-refractivity contribution in [2.45, 2.75) is 97.6 Å². The maximum Gasteiger partial charge on any atom is 0.308 e. The minimum Gasteiger partial charge on any atom is -0.492 e. The van der Waals surface area contributed by atoms with Crippen molar-refractivity contribution in [3.8, 4) is 17.2 Å². The molecule has 1 amide bonds. The Hall–Kier alpha value is -3.62. The number of rotatable bonds is 12. The predicted molar refractivity (Wildman–Crippen MR) is 159 cm³/mol. The van der Waals surface area contributed by atoms with Gasteiger partial charge in [-0.15, -0.1) is 0 Å². The number of esters is 3. The van der Waals surface area contributed by atoms with Gasteiger partial charge in [-0.1, -0.05) is 52.5 Å². The van der Waals surface area contributed by atoms with E-state index in [0.29, 0.717) is 17.7 Å². The molecule has 0 fully saturated rings. The largest absolute Gasteiger partial charge is 0.492 e. The Bertz CT molecular complexity index is 1210. The van der Waals surface area contributed by atoms with Gasteiger partial charge >= 0.3 is 17.9 Å². The smallest absolute Gasteiger partial charge is 0.308 e. The number of unbranched alkanes of at least 4 members (excludes halogenated alkanes) is 1. The van der Waals surface area contributed by atoms with Crippen LogP contribution in [0.3, 0.4) is 0 Å². The number of nitrogens with one attached hydrogen (secondary N) is 1. The fourth-order valence-electron chi connectivity index (χ4n) is 4.59. The van der Waals surface area contributed by atoms with Crippen LogP contribution < -0.4 is 10.1 Å². The first-order chi connectivity index (χ1) is 19.8. The molecule has 1 N–H and O–H groups in total. The van der Waals surface area contributed by atoms with Crippen molar-refractivity contribution in [2.24, 2.45) is 0 Å². The minimum atomic E-state index is -2.89. The van der Waals surface area contributed by atoms with Crippen molar-refractivity contribution in [3.63, 3.8) is 0 Å². The second-order valence-electron chi connectivity index (χ2n) is 10.7. The Morgan fingerprint density at radius 2 is 1.67 bits per heavy atom. The van der Waals surface area contributed by atoms with Crippen LogP contribution in [0, 0.1) is 11.5 Å². The lowest BCUT2D eigenvalue weighted by Gasteiger charge is -2.38. The first-order valence-electron chi connectivity index (χ1n) is 14.2. The quantitative estimate of drug-likeness (QED) is 0.120. The van der Waals surface area contributed by atoms with E-state index in [2.05, 4.69) is 16.8 Å². The summed E-state index contributed by atoms with van der Waals surface area (Å²) in [6, 6.07) is 4.83. The van der Waals surface area contributed by atoms with Crippen LogP contribution in [0.25, 0.3) is 0 Å². The zero-order chi connectivity index (χ0) is 31.4. The van der Waals surface area contributed by atoms with E-state index in [-0.39, 0.29) is 29.3 Å². The lowest BCUT2D eigenvalue weighted by molar-refractivity contribution is -0.175. The molecule has 2 rings (SSSR count). The molecule has 42 heavy (non-hydrogen) atoms. The molecule has 0 aliphatic carbocycles. The summed E-state index contributed by atoms with van der Waals surface area (Å²) in [6.07, 6.45) is 2.28. The molecule has 1 aromatic carbocycles. The van der Waals surface area contributed by atoms with Gasteiger partial charge in [-0.25, -0.2) is 0 Å². The lowest BCUT2D eigenvalue weighted by atomic mass is 10.1. The molecule has 0 spiro atoms. The van der Waals surface area contributed by atoms with Gasteiger partial charge < -0.3 is 28.7 Å². The highest BCUT2D eigenvalue weighted by Crippen LogP contribution is 2.34. The Morgan fingerprint density at radius 3 is 2.24 bits per heavy atom. The lowest BCUT2D eigenvalue weighted by Crippen LogP contribution is -2.51. The van der Waals surface area contributed by atoms with E-state index in [4.69, 9.17) is 23.4 Å². The molecule has 0 aromatic heterocycles. The molecule has 0 radical (unpaired) electrons. The van der Waals surface area contributed by atoms with Gasteiger partial charge in [0.25, 0.3) is 14.2 Å². The highest BCUT2D eigenvalue weighted by Gasteiger charge is 2.44. The van der Waals surface area contributed by atoms with Crippen LogP contribution in [0.15, 0.2) is 30.5 Å². The first kappa shape index (κ1) is 34.6. The number of amides is 1. The van der Waals surface area contributed by atoms with Crippen LogP contribution in [0.5, 0.6) is 5.75 Å². The molecule has 1 aromatic rings. The van der Waals surface area contributed by atoms with Gasteiger partial charge in [0.1, 0.15) is 5.75 Å².